The molecule has 1 saturated heterocycles. The molecule has 2 fully saturated rings. The number of nitrogens with zero attached hydrogens (tertiary/aromatic N) is 2. The number of β-amino-alcohol motifs (C(OH)–C–C–N with tert-alkyl or cyclic N) is 1. The quantitative estimate of drug-likeness (QED) is 0.242. The second-order valence-electron chi connectivity index (χ2n) is 12.2. The summed E-state index contributed by atoms with van der Waals surface area (Å²) in [6, 6.07) is 3.79. The number of nitrogens with one attached hydrogen (secondary N) is 2. The van der Waals surface area contributed by atoms with Gasteiger partial charge in [0, 0.05) is 31.0 Å². The summed E-state index contributed by atoms with van der Waals surface area (Å²) in [5, 5.41) is 15.9. The van der Waals surface area contributed by atoms with Crippen molar-refractivity contribution in [3.05, 3.63) is 35.0 Å². The molecule has 2 unspecified atom stereocenters. The summed E-state index contributed by atoms with van der Waals surface area (Å²) in [4.78, 5) is 46.3. The molecular weight excluding hydrogens is 583 g/mol. The third kappa shape index (κ3) is 7.60. The van der Waals surface area contributed by atoms with Crippen molar-refractivity contribution in [1.29, 1.82) is 0 Å². The molecule has 230 valence electrons. The van der Waals surface area contributed by atoms with Gasteiger partial charge < -0.3 is 25.4 Å². The molecule has 3 N–H and O–H groups in total. The molecule has 1 aliphatic heterocycles. The normalized spacial score (nSPS) is 20.2. The number of hydrogen-bond acceptors (Lipinski definition) is 7. The van der Waals surface area contributed by atoms with Crippen LogP contribution in [0.15, 0.2) is 23.7 Å². The van der Waals surface area contributed by atoms with Gasteiger partial charge in [-0.25, -0.2) is 9.37 Å². The number of carbonyl (C=O) groups is 3. The highest BCUT2D eigenvalue weighted by atomic mass is 35.5. The van der Waals surface area contributed by atoms with E-state index in [1.54, 1.807) is 26.3 Å². The number of aliphatic hydroxyl groups is 1. The van der Waals surface area contributed by atoms with E-state index >= 15 is 0 Å². The number of aromatic nitrogens is 1. The summed E-state index contributed by atoms with van der Waals surface area (Å²) >= 11 is 7.35. The predicted octanol–water partition coefficient (Wildman–Crippen LogP) is 4.13. The Morgan fingerprint density at radius 1 is 1.29 bits per heavy atom. The number of rotatable bonds is 12. The van der Waals surface area contributed by atoms with Crippen LogP contribution in [0.3, 0.4) is 0 Å². The zero-order valence-electron chi connectivity index (χ0n) is 24.5. The summed E-state index contributed by atoms with van der Waals surface area (Å²) in [5.41, 5.74) is 1.74. The third-order valence-corrected chi connectivity index (χ3v) is 8.91. The number of ether oxygens (including phenoxy) is 1. The van der Waals surface area contributed by atoms with E-state index in [4.69, 9.17) is 16.3 Å². The van der Waals surface area contributed by atoms with Gasteiger partial charge in [-0.1, -0.05) is 32.9 Å². The molecule has 1 aromatic heterocycles. The van der Waals surface area contributed by atoms with Crippen LogP contribution in [0.2, 0.25) is 0 Å². The number of halogens is 2. The first-order valence-electron chi connectivity index (χ1n) is 14.3. The number of amides is 3. The zero-order chi connectivity index (χ0) is 30.7. The maximum absolute atomic E-state index is 14.4. The molecule has 42 heavy (non-hydrogen) atoms. The first-order chi connectivity index (χ1) is 19.8. The van der Waals surface area contributed by atoms with Gasteiger partial charge in [0.2, 0.25) is 11.8 Å². The third-order valence-electron chi connectivity index (χ3n) is 7.66. The second kappa shape index (κ2) is 13.3. The fraction of sp³-hybridized carbons (Fsp3) is 0.600. The maximum atomic E-state index is 14.4. The SMILES string of the molecule is Cc1ncsc1-c1ccc(CNC(=O)C2CC(O)CN2C(=O)[C@@H](NC(=O)C2(F)CC2)C(C)(C)C)c(OCCCCCl)c1. The van der Waals surface area contributed by atoms with Crippen molar-refractivity contribution in [2.75, 3.05) is 19.0 Å². The molecule has 3 atom stereocenters. The second-order valence-corrected chi connectivity index (χ2v) is 13.4. The van der Waals surface area contributed by atoms with Crippen molar-refractivity contribution >= 4 is 40.7 Å². The number of likely N-dealkylation sites (tertiary alicyclic amines) is 1. The van der Waals surface area contributed by atoms with Crippen molar-refractivity contribution in [3.8, 4) is 16.2 Å². The molecule has 1 aliphatic carbocycles. The smallest absolute Gasteiger partial charge is 0.258 e. The minimum atomic E-state index is -1.94. The number of aryl methyl sites for hydroxylation is 1. The molecule has 4 rings (SSSR count). The molecule has 9 nitrogen and oxygen atoms in total. The molecule has 2 aromatic rings. The summed E-state index contributed by atoms with van der Waals surface area (Å²) < 4.78 is 20.5. The Bertz CT molecular complexity index is 1290. The van der Waals surface area contributed by atoms with Crippen molar-refractivity contribution in [2.24, 2.45) is 5.41 Å². The summed E-state index contributed by atoms with van der Waals surface area (Å²) in [6.45, 7) is 7.79. The van der Waals surface area contributed by atoms with Gasteiger partial charge in [0.15, 0.2) is 5.67 Å². The first kappa shape index (κ1) is 32.2. The Hall–Kier alpha value is -2.76. The van der Waals surface area contributed by atoms with Crippen molar-refractivity contribution in [3.63, 3.8) is 0 Å². The van der Waals surface area contributed by atoms with Crippen molar-refractivity contribution in [1.82, 2.24) is 20.5 Å². The minimum Gasteiger partial charge on any atom is -0.493 e. The Kier molecular flexibility index (Phi) is 10.2. The number of alkyl halides is 2. The Balaban J connectivity index is 1.48. The number of hydrogen-bond donors (Lipinski definition) is 3. The average Bonchev–Trinajstić information content (AvgIpc) is 3.35. The number of carbonyl (C=O) groups excluding carboxylic acids is 3. The van der Waals surface area contributed by atoms with Crippen LogP contribution < -0.4 is 15.4 Å². The van der Waals surface area contributed by atoms with E-state index in [1.807, 2.05) is 25.1 Å². The highest BCUT2D eigenvalue weighted by Gasteiger charge is 2.53. The van der Waals surface area contributed by atoms with Gasteiger partial charge in [-0.3, -0.25) is 14.4 Å². The Labute approximate surface area is 255 Å². The monoisotopic (exact) mass is 622 g/mol. The molecule has 1 aromatic carbocycles. The van der Waals surface area contributed by atoms with Crippen LogP contribution in [-0.4, -0.2) is 75.6 Å². The maximum Gasteiger partial charge on any atom is 0.258 e. The lowest BCUT2D eigenvalue weighted by Crippen LogP contribution is -2.59. The molecule has 0 radical (unpaired) electrons. The highest BCUT2D eigenvalue weighted by Crippen LogP contribution is 2.40. The van der Waals surface area contributed by atoms with Crippen LogP contribution in [0, 0.1) is 12.3 Å². The van der Waals surface area contributed by atoms with Gasteiger partial charge in [-0.15, -0.1) is 22.9 Å². The lowest BCUT2D eigenvalue weighted by Gasteiger charge is -2.35. The molecule has 12 heteroatoms. The Morgan fingerprint density at radius 3 is 2.64 bits per heavy atom. The van der Waals surface area contributed by atoms with E-state index in [2.05, 4.69) is 15.6 Å². The van der Waals surface area contributed by atoms with Crippen LogP contribution in [0.25, 0.3) is 10.4 Å². The molecule has 2 heterocycles. The summed E-state index contributed by atoms with van der Waals surface area (Å²) in [7, 11) is 0. The molecule has 0 spiro atoms. The van der Waals surface area contributed by atoms with Gasteiger partial charge in [0.25, 0.3) is 5.91 Å². The minimum absolute atomic E-state index is 0.0564. The number of aliphatic hydroxyl groups excluding tert-OH is 1. The molecular formula is C30H40ClFN4O5S. The fourth-order valence-corrected chi connectivity index (χ4v) is 5.94. The number of benzene rings is 1. The topological polar surface area (TPSA) is 121 Å². The Morgan fingerprint density at radius 2 is 2.02 bits per heavy atom. The molecule has 2 aliphatic rings. The van der Waals surface area contributed by atoms with E-state index < -0.39 is 47.0 Å². The first-order valence-corrected chi connectivity index (χ1v) is 15.7. The predicted molar refractivity (Wildman–Crippen MR) is 160 cm³/mol. The van der Waals surface area contributed by atoms with Crippen LogP contribution in [0.1, 0.15) is 64.1 Å². The lowest BCUT2D eigenvalue weighted by atomic mass is 9.85. The lowest BCUT2D eigenvalue weighted by molar-refractivity contribution is -0.145. The van der Waals surface area contributed by atoms with E-state index in [0.717, 1.165) is 34.5 Å². The van der Waals surface area contributed by atoms with E-state index in [1.165, 1.54) is 16.2 Å². The van der Waals surface area contributed by atoms with E-state index in [0.29, 0.717) is 18.2 Å². The van der Waals surface area contributed by atoms with Crippen LogP contribution in [0.5, 0.6) is 5.75 Å². The molecule has 0 bridgehead atoms. The number of unbranched alkanes of at least 4 members (excludes halogenated alkanes) is 1. The van der Waals surface area contributed by atoms with E-state index in [9.17, 15) is 23.9 Å². The van der Waals surface area contributed by atoms with Crippen molar-refractivity contribution in [2.45, 2.75) is 90.2 Å². The largest absolute Gasteiger partial charge is 0.493 e. The van der Waals surface area contributed by atoms with Crippen molar-refractivity contribution < 1.29 is 28.6 Å². The standard InChI is InChI=1S/C30H40ClFN4O5S/c1-18-24(42-17-34-18)19-7-8-20(23(13-19)41-12-6-5-11-31)15-33-26(38)22-14-21(37)16-36(22)27(39)25(29(2,3)4)35-28(40)30(32)9-10-30/h7-8,13,17,21-22,25,37H,5-6,9-12,14-16H2,1-4H3,(H,33,38)(H,35,40)/t21?,22?,25-/m1/s1. The summed E-state index contributed by atoms with van der Waals surface area (Å²) in [6.07, 6.45) is 1.00. The molecule has 3 amide bonds. The van der Waals surface area contributed by atoms with Crippen LogP contribution >= 0.6 is 22.9 Å². The highest BCUT2D eigenvalue weighted by molar-refractivity contribution is 7.13. The van der Waals surface area contributed by atoms with Gasteiger partial charge in [0.05, 0.1) is 28.8 Å². The fourth-order valence-electron chi connectivity index (χ4n) is 4.95. The van der Waals surface area contributed by atoms with Gasteiger partial charge in [-0.2, -0.15) is 0 Å². The van der Waals surface area contributed by atoms with E-state index in [-0.39, 0.29) is 32.4 Å². The van der Waals surface area contributed by atoms with Crippen LogP contribution in [0.4, 0.5) is 4.39 Å². The van der Waals surface area contributed by atoms with Gasteiger partial charge in [-0.05, 0) is 49.7 Å². The summed E-state index contributed by atoms with van der Waals surface area (Å²) in [5.74, 6) is -0.594. The van der Waals surface area contributed by atoms with Crippen LogP contribution in [-0.2, 0) is 20.9 Å². The zero-order valence-corrected chi connectivity index (χ0v) is 26.1. The molecule has 1 saturated carbocycles. The van der Waals surface area contributed by atoms with Gasteiger partial charge >= 0.3 is 0 Å². The average molecular weight is 623 g/mol. The number of thiazole rings is 1. The van der Waals surface area contributed by atoms with Gasteiger partial charge in [0.1, 0.15) is 17.8 Å².